The number of likely N-dealkylation sites (N-methyl/N-ethyl adjacent to an activating group) is 1. The van der Waals surface area contributed by atoms with Crippen molar-refractivity contribution in [3.8, 4) is 0 Å². The summed E-state index contributed by atoms with van der Waals surface area (Å²) in [5.74, 6) is -1.51. The van der Waals surface area contributed by atoms with Crippen LogP contribution >= 0.6 is 0 Å². The molecule has 0 saturated heterocycles. The highest BCUT2D eigenvalue weighted by molar-refractivity contribution is 5.74. The molecule has 27 heavy (non-hydrogen) atoms. The Hall–Kier alpha value is -2.18. The molecule has 1 N–H and O–H groups in total. The number of nitrogens with one attached hydrogen (secondary N) is 1. The van der Waals surface area contributed by atoms with E-state index in [0.29, 0.717) is 11.5 Å². The summed E-state index contributed by atoms with van der Waals surface area (Å²) in [6.07, 6.45) is 3.68. The van der Waals surface area contributed by atoms with E-state index in [4.69, 9.17) is 4.74 Å². The molecule has 7 heteroatoms. The molecule has 0 aliphatic carbocycles. The minimum Gasteiger partial charge on any atom is -0.465 e. The molecule has 1 aromatic carbocycles. The van der Waals surface area contributed by atoms with Crippen LogP contribution in [-0.4, -0.2) is 37.1 Å². The fourth-order valence-electron chi connectivity index (χ4n) is 2.95. The number of hydrogen-bond donors (Lipinski definition) is 1. The van der Waals surface area contributed by atoms with Gasteiger partial charge >= 0.3 is 6.03 Å². The molecule has 2 amide bonds. The molecule has 0 aromatic heterocycles. The minimum absolute atomic E-state index is 0.0255. The third-order valence-corrected chi connectivity index (χ3v) is 4.79. The number of carbonyl (C=O) groups excluding carboxylic acids is 2. The maximum Gasteiger partial charge on any atom is 0.317 e. The van der Waals surface area contributed by atoms with Crippen LogP contribution in [0.5, 0.6) is 0 Å². The molecular formula is C20H30F2N2O3. The zero-order valence-corrected chi connectivity index (χ0v) is 16.5. The Bertz CT molecular complexity index is 613. The normalized spacial score (nSPS) is 14.1. The van der Waals surface area contributed by atoms with Crippen molar-refractivity contribution in [1.29, 1.82) is 0 Å². The lowest BCUT2D eigenvalue weighted by Gasteiger charge is -2.30. The van der Waals surface area contributed by atoms with Crippen LogP contribution in [0.15, 0.2) is 18.2 Å². The lowest BCUT2D eigenvalue weighted by molar-refractivity contribution is -0.130. The van der Waals surface area contributed by atoms with Crippen molar-refractivity contribution in [2.45, 2.75) is 58.5 Å². The van der Waals surface area contributed by atoms with Crippen molar-refractivity contribution in [1.82, 2.24) is 10.2 Å². The summed E-state index contributed by atoms with van der Waals surface area (Å²) >= 11 is 0. The number of rotatable bonds is 11. The Morgan fingerprint density at radius 2 is 2.00 bits per heavy atom. The van der Waals surface area contributed by atoms with Gasteiger partial charge in [0.1, 0.15) is 6.61 Å². The van der Waals surface area contributed by atoms with Crippen LogP contribution in [0.1, 0.15) is 58.1 Å². The summed E-state index contributed by atoms with van der Waals surface area (Å²) in [4.78, 5) is 24.7. The standard InChI is InChI=1S/C20H30F2N2O3/c1-5-7-16(10-14(3)6-2)23-20(26)24(4)19(12-27-13-25)15-8-9-17(21)18(22)11-15/h8-9,11,13-14,16,19H,5-7,10,12H2,1-4H3,(H,23,26). The van der Waals surface area contributed by atoms with E-state index in [1.54, 1.807) is 7.05 Å². The molecule has 0 radical (unpaired) electrons. The number of ether oxygens (including phenoxy) is 1. The maximum atomic E-state index is 13.6. The molecule has 0 fully saturated rings. The first kappa shape index (κ1) is 22.9. The number of amides is 2. The zero-order chi connectivity index (χ0) is 20.4. The van der Waals surface area contributed by atoms with Crippen molar-refractivity contribution in [3.63, 3.8) is 0 Å². The van der Waals surface area contributed by atoms with Gasteiger partial charge in [0.15, 0.2) is 11.6 Å². The van der Waals surface area contributed by atoms with Gasteiger partial charge in [-0.2, -0.15) is 0 Å². The number of benzene rings is 1. The van der Waals surface area contributed by atoms with Gasteiger partial charge in [-0.3, -0.25) is 4.79 Å². The quantitative estimate of drug-likeness (QED) is 0.575. The highest BCUT2D eigenvalue weighted by Gasteiger charge is 2.25. The summed E-state index contributed by atoms with van der Waals surface area (Å²) in [6, 6.07) is 2.34. The topological polar surface area (TPSA) is 58.6 Å². The van der Waals surface area contributed by atoms with Crippen LogP contribution < -0.4 is 5.32 Å². The van der Waals surface area contributed by atoms with E-state index < -0.39 is 17.7 Å². The van der Waals surface area contributed by atoms with E-state index in [9.17, 15) is 18.4 Å². The summed E-state index contributed by atoms with van der Waals surface area (Å²) in [6.45, 7) is 6.42. The SMILES string of the molecule is CCCC(CC(C)CC)NC(=O)N(C)C(COC=O)c1ccc(F)c(F)c1. The van der Waals surface area contributed by atoms with E-state index >= 15 is 0 Å². The first-order chi connectivity index (χ1) is 12.8. The monoisotopic (exact) mass is 384 g/mol. The molecule has 0 aliphatic rings. The smallest absolute Gasteiger partial charge is 0.317 e. The zero-order valence-electron chi connectivity index (χ0n) is 16.5. The summed E-state index contributed by atoms with van der Waals surface area (Å²) in [7, 11) is 1.54. The Labute approximate surface area is 160 Å². The van der Waals surface area contributed by atoms with Crippen molar-refractivity contribution >= 4 is 12.5 Å². The average molecular weight is 384 g/mol. The van der Waals surface area contributed by atoms with Gasteiger partial charge in [-0.25, -0.2) is 13.6 Å². The van der Waals surface area contributed by atoms with Gasteiger partial charge in [-0.15, -0.1) is 0 Å². The molecule has 5 nitrogen and oxygen atoms in total. The number of urea groups is 1. The van der Waals surface area contributed by atoms with Gasteiger partial charge in [0.2, 0.25) is 0 Å². The lowest BCUT2D eigenvalue weighted by Crippen LogP contribution is -2.46. The molecule has 3 unspecified atom stereocenters. The summed E-state index contributed by atoms with van der Waals surface area (Å²) < 4.78 is 31.7. The van der Waals surface area contributed by atoms with Crippen molar-refractivity contribution < 1.29 is 23.1 Å². The number of carbonyl (C=O) groups is 2. The van der Waals surface area contributed by atoms with Gasteiger partial charge in [0, 0.05) is 13.1 Å². The van der Waals surface area contributed by atoms with E-state index in [1.165, 1.54) is 11.0 Å². The molecule has 0 heterocycles. The number of halogens is 2. The Morgan fingerprint density at radius 3 is 2.56 bits per heavy atom. The van der Waals surface area contributed by atoms with Gasteiger partial charge in [0.25, 0.3) is 6.47 Å². The summed E-state index contributed by atoms with van der Waals surface area (Å²) in [5, 5.41) is 3.01. The molecular weight excluding hydrogens is 354 g/mol. The van der Waals surface area contributed by atoms with Gasteiger partial charge < -0.3 is 15.0 Å². The second-order valence-corrected chi connectivity index (χ2v) is 6.91. The first-order valence-corrected chi connectivity index (χ1v) is 9.37. The fraction of sp³-hybridized carbons (Fsp3) is 0.600. The first-order valence-electron chi connectivity index (χ1n) is 9.37. The van der Waals surface area contributed by atoms with Gasteiger partial charge in [0.05, 0.1) is 6.04 Å². The number of nitrogens with zero attached hydrogens (tertiary/aromatic N) is 1. The Balaban J connectivity index is 2.94. The molecule has 3 atom stereocenters. The molecule has 1 rings (SSSR count). The van der Waals surface area contributed by atoms with E-state index in [-0.39, 0.29) is 25.2 Å². The van der Waals surface area contributed by atoms with Crippen LogP contribution in [0.4, 0.5) is 13.6 Å². The maximum absolute atomic E-state index is 13.6. The van der Waals surface area contributed by atoms with E-state index in [1.807, 2.05) is 0 Å². The van der Waals surface area contributed by atoms with Crippen LogP contribution in [-0.2, 0) is 9.53 Å². The van der Waals surface area contributed by atoms with Crippen molar-refractivity contribution in [3.05, 3.63) is 35.4 Å². The predicted molar refractivity (Wildman–Crippen MR) is 100 cm³/mol. The van der Waals surface area contributed by atoms with Crippen molar-refractivity contribution in [2.24, 2.45) is 5.92 Å². The lowest BCUT2D eigenvalue weighted by atomic mass is 9.96. The van der Waals surface area contributed by atoms with Crippen LogP contribution in [0.25, 0.3) is 0 Å². The molecule has 0 saturated carbocycles. The highest BCUT2D eigenvalue weighted by atomic mass is 19.2. The predicted octanol–water partition coefficient (Wildman–Crippen LogP) is 4.43. The Morgan fingerprint density at radius 1 is 1.30 bits per heavy atom. The van der Waals surface area contributed by atoms with Crippen LogP contribution in [0.2, 0.25) is 0 Å². The number of hydrogen-bond acceptors (Lipinski definition) is 3. The molecule has 152 valence electrons. The van der Waals surface area contributed by atoms with Gasteiger partial charge in [-0.05, 0) is 36.5 Å². The van der Waals surface area contributed by atoms with Crippen LogP contribution in [0, 0.1) is 17.6 Å². The van der Waals surface area contributed by atoms with E-state index in [2.05, 4.69) is 26.1 Å². The molecule has 0 spiro atoms. The van der Waals surface area contributed by atoms with Gasteiger partial charge in [-0.1, -0.05) is 39.7 Å². The van der Waals surface area contributed by atoms with Crippen molar-refractivity contribution in [2.75, 3.05) is 13.7 Å². The summed E-state index contributed by atoms with van der Waals surface area (Å²) in [5.41, 5.74) is 0.349. The second-order valence-electron chi connectivity index (χ2n) is 6.91. The van der Waals surface area contributed by atoms with E-state index in [0.717, 1.165) is 37.8 Å². The third kappa shape index (κ3) is 7.15. The highest BCUT2D eigenvalue weighted by Crippen LogP contribution is 2.23. The molecule has 0 bridgehead atoms. The third-order valence-electron chi connectivity index (χ3n) is 4.79. The average Bonchev–Trinajstić information content (AvgIpc) is 2.64. The molecule has 0 aliphatic heterocycles. The minimum atomic E-state index is -1.02. The second kappa shape index (κ2) is 11.5. The Kier molecular flexibility index (Phi) is 9.75. The largest absolute Gasteiger partial charge is 0.465 e. The molecule has 1 aromatic rings. The fourth-order valence-corrected chi connectivity index (χ4v) is 2.95. The van der Waals surface area contributed by atoms with Crippen LogP contribution in [0.3, 0.4) is 0 Å².